The molecule has 1 atom stereocenters. The second-order valence-electron chi connectivity index (χ2n) is 2.97. The van der Waals surface area contributed by atoms with Crippen LogP contribution in [0.3, 0.4) is 0 Å². The number of amides is 1. The van der Waals surface area contributed by atoms with Crippen molar-refractivity contribution in [1.29, 1.82) is 0 Å². The molecule has 4 nitrogen and oxygen atoms in total. The largest absolute Gasteiger partial charge is 0.471 e. The molecule has 0 bridgehead atoms. The lowest BCUT2D eigenvalue weighted by Gasteiger charge is -2.13. The van der Waals surface area contributed by atoms with Gasteiger partial charge in [0.05, 0.1) is 5.75 Å². The van der Waals surface area contributed by atoms with Crippen molar-refractivity contribution in [2.24, 2.45) is 0 Å². The van der Waals surface area contributed by atoms with Crippen LogP contribution in [-0.2, 0) is 14.6 Å². The van der Waals surface area contributed by atoms with Gasteiger partial charge in [-0.25, -0.2) is 8.42 Å². The number of nitrogens with one attached hydrogen (secondary N) is 1. The third-order valence-corrected chi connectivity index (χ3v) is 3.96. The summed E-state index contributed by atoms with van der Waals surface area (Å²) in [6.07, 6.45) is -4.70. The summed E-state index contributed by atoms with van der Waals surface area (Å²) in [6.45, 7) is 0. The molecule has 1 aliphatic rings. The topological polar surface area (TPSA) is 63.2 Å². The van der Waals surface area contributed by atoms with Gasteiger partial charge >= 0.3 is 12.1 Å². The summed E-state index contributed by atoms with van der Waals surface area (Å²) in [5.74, 6) is -2.37. The van der Waals surface area contributed by atoms with E-state index >= 15 is 0 Å². The van der Waals surface area contributed by atoms with E-state index in [-0.39, 0.29) is 18.6 Å². The minimum absolute atomic E-state index is 0.0458. The van der Waals surface area contributed by atoms with Crippen LogP contribution in [0.1, 0.15) is 12.8 Å². The van der Waals surface area contributed by atoms with Gasteiger partial charge in [0.1, 0.15) is 5.37 Å². The maximum Gasteiger partial charge on any atom is 0.471 e. The summed E-state index contributed by atoms with van der Waals surface area (Å²) >= 11 is 0. The van der Waals surface area contributed by atoms with Crippen molar-refractivity contribution in [3.63, 3.8) is 0 Å². The lowest BCUT2D eigenvalue weighted by molar-refractivity contribution is -0.173. The second kappa shape index (κ2) is 3.41. The van der Waals surface area contributed by atoms with Crippen molar-refractivity contribution in [3.05, 3.63) is 0 Å². The van der Waals surface area contributed by atoms with Crippen molar-refractivity contribution in [2.45, 2.75) is 24.4 Å². The normalized spacial score (nSPS) is 26.1. The summed E-state index contributed by atoms with van der Waals surface area (Å²) in [5, 5.41) is 0.0791. The quantitative estimate of drug-likeness (QED) is 0.701. The van der Waals surface area contributed by atoms with Crippen molar-refractivity contribution in [1.82, 2.24) is 5.32 Å². The second-order valence-corrected chi connectivity index (χ2v) is 5.27. The van der Waals surface area contributed by atoms with E-state index in [2.05, 4.69) is 0 Å². The Balaban J connectivity index is 2.67. The van der Waals surface area contributed by atoms with E-state index in [4.69, 9.17) is 0 Å². The zero-order valence-electron chi connectivity index (χ0n) is 6.97. The van der Waals surface area contributed by atoms with Gasteiger partial charge in [-0.2, -0.15) is 13.2 Å². The van der Waals surface area contributed by atoms with Crippen LogP contribution in [0.4, 0.5) is 13.2 Å². The number of rotatable bonds is 1. The Kier molecular flexibility index (Phi) is 2.75. The average Bonchev–Trinajstić information content (AvgIpc) is 2.29. The molecule has 0 aliphatic carbocycles. The first-order valence-corrected chi connectivity index (χ1v) is 5.54. The van der Waals surface area contributed by atoms with Crippen molar-refractivity contribution < 1.29 is 26.4 Å². The van der Waals surface area contributed by atoms with Crippen LogP contribution in [0.15, 0.2) is 0 Å². The van der Waals surface area contributed by atoms with Crippen LogP contribution >= 0.6 is 0 Å². The molecule has 1 rings (SSSR count). The highest BCUT2D eigenvalue weighted by molar-refractivity contribution is 7.92. The molecular weight excluding hydrogens is 223 g/mol. The number of hydrogen-bond donors (Lipinski definition) is 1. The highest BCUT2D eigenvalue weighted by atomic mass is 32.2. The molecule has 1 heterocycles. The van der Waals surface area contributed by atoms with Gasteiger partial charge in [-0.1, -0.05) is 0 Å². The molecule has 1 unspecified atom stereocenters. The molecule has 0 radical (unpaired) electrons. The van der Waals surface area contributed by atoms with Gasteiger partial charge in [-0.15, -0.1) is 0 Å². The van der Waals surface area contributed by atoms with Crippen LogP contribution in [-0.4, -0.2) is 31.6 Å². The van der Waals surface area contributed by atoms with E-state index in [1.54, 1.807) is 0 Å². The standard InChI is InChI=1S/C6H8F3NO3S/c7-6(8,9)5(11)10-4-2-1-3-14(4,12)13/h4H,1-3H2,(H,10,11). The molecular formula is C6H8F3NO3S. The fraction of sp³-hybridized carbons (Fsp3) is 0.833. The molecule has 0 spiro atoms. The molecule has 8 heteroatoms. The van der Waals surface area contributed by atoms with Gasteiger partial charge in [0.25, 0.3) is 0 Å². The van der Waals surface area contributed by atoms with Crippen LogP contribution in [0.25, 0.3) is 0 Å². The molecule has 1 aliphatic heterocycles. The van der Waals surface area contributed by atoms with Crippen LogP contribution in [0.5, 0.6) is 0 Å². The van der Waals surface area contributed by atoms with E-state index in [1.165, 1.54) is 5.32 Å². The molecule has 1 amide bonds. The number of halogens is 3. The van der Waals surface area contributed by atoms with Crippen LogP contribution in [0, 0.1) is 0 Å². The Morgan fingerprint density at radius 2 is 1.93 bits per heavy atom. The Morgan fingerprint density at radius 3 is 2.29 bits per heavy atom. The van der Waals surface area contributed by atoms with Gasteiger partial charge in [-0.3, -0.25) is 4.79 Å². The smallest absolute Gasteiger partial charge is 0.332 e. The summed E-state index contributed by atoms with van der Waals surface area (Å²) in [6, 6.07) is 0. The van der Waals surface area contributed by atoms with Gasteiger partial charge in [0.15, 0.2) is 9.84 Å². The molecule has 1 saturated heterocycles. The first-order chi connectivity index (χ1) is 6.23. The highest BCUT2D eigenvalue weighted by Gasteiger charge is 2.43. The van der Waals surface area contributed by atoms with Crippen LogP contribution < -0.4 is 5.32 Å². The number of hydrogen-bond acceptors (Lipinski definition) is 3. The molecule has 1 N–H and O–H groups in total. The maximum atomic E-state index is 11.7. The summed E-state index contributed by atoms with van der Waals surface area (Å²) in [7, 11) is -3.57. The molecule has 1 fully saturated rings. The van der Waals surface area contributed by atoms with E-state index in [9.17, 15) is 26.4 Å². The van der Waals surface area contributed by atoms with Gasteiger partial charge in [-0.05, 0) is 12.8 Å². The first kappa shape index (κ1) is 11.3. The Bertz CT molecular complexity index is 335. The monoisotopic (exact) mass is 231 g/mol. The van der Waals surface area contributed by atoms with Gasteiger partial charge < -0.3 is 5.32 Å². The summed E-state index contributed by atoms with van der Waals surface area (Å²) < 4.78 is 57.3. The fourth-order valence-electron chi connectivity index (χ4n) is 1.18. The maximum absolute atomic E-state index is 11.7. The van der Waals surface area contributed by atoms with Crippen LogP contribution in [0.2, 0.25) is 0 Å². The van der Waals surface area contributed by atoms with E-state index in [0.717, 1.165) is 0 Å². The number of sulfone groups is 1. The number of alkyl halides is 3. The highest BCUT2D eigenvalue weighted by Crippen LogP contribution is 2.20. The zero-order chi connectivity index (χ0) is 11.0. The molecule has 0 aromatic heterocycles. The third-order valence-electron chi connectivity index (χ3n) is 1.88. The summed E-state index contributed by atoms with van der Waals surface area (Å²) in [4.78, 5) is 10.4. The molecule has 0 aromatic rings. The predicted octanol–water partition coefficient (Wildman–Crippen LogP) is 0.200. The fourth-order valence-corrected chi connectivity index (χ4v) is 2.85. The van der Waals surface area contributed by atoms with Crippen molar-refractivity contribution in [3.8, 4) is 0 Å². The zero-order valence-corrected chi connectivity index (χ0v) is 7.78. The minimum atomic E-state index is -5.03. The molecule has 0 saturated carbocycles. The Hall–Kier alpha value is -0.790. The third kappa shape index (κ3) is 2.37. The van der Waals surface area contributed by atoms with Gasteiger partial charge in [0, 0.05) is 0 Å². The van der Waals surface area contributed by atoms with E-state index in [1.807, 2.05) is 0 Å². The number of carbonyl (C=O) groups excluding carboxylic acids is 1. The molecule has 82 valence electrons. The minimum Gasteiger partial charge on any atom is -0.332 e. The first-order valence-electron chi connectivity index (χ1n) is 3.83. The lowest BCUT2D eigenvalue weighted by atomic mass is 10.3. The lowest BCUT2D eigenvalue weighted by Crippen LogP contribution is -2.44. The average molecular weight is 231 g/mol. The SMILES string of the molecule is O=C(NC1CCCS1(=O)=O)C(F)(F)F. The Labute approximate surface area is 78.4 Å². The van der Waals surface area contributed by atoms with E-state index < -0.39 is 27.3 Å². The van der Waals surface area contributed by atoms with Crippen molar-refractivity contribution in [2.75, 3.05) is 5.75 Å². The summed E-state index contributed by atoms with van der Waals surface area (Å²) in [5.41, 5.74) is 0. The molecule has 0 aromatic carbocycles. The van der Waals surface area contributed by atoms with Gasteiger partial charge in [0.2, 0.25) is 0 Å². The number of carbonyl (C=O) groups is 1. The van der Waals surface area contributed by atoms with Crippen molar-refractivity contribution >= 4 is 15.7 Å². The van der Waals surface area contributed by atoms with E-state index in [0.29, 0.717) is 0 Å². The Morgan fingerprint density at radius 1 is 1.36 bits per heavy atom. The predicted molar refractivity (Wildman–Crippen MR) is 41.0 cm³/mol. The molecule has 14 heavy (non-hydrogen) atoms.